The molecule has 4 rings (SSSR count). The molecular weight excluding hydrogens is 374 g/mol. The van der Waals surface area contributed by atoms with Crippen molar-refractivity contribution in [2.24, 2.45) is 5.92 Å². The first-order chi connectivity index (χ1) is 14.8. The first-order valence-corrected chi connectivity index (χ1v) is 11.8. The molecule has 0 spiro atoms. The van der Waals surface area contributed by atoms with Gasteiger partial charge in [0.25, 0.3) is 0 Å². The van der Waals surface area contributed by atoms with Crippen LogP contribution in [0.4, 0.5) is 0 Å². The topological polar surface area (TPSA) is 48.6 Å². The van der Waals surface area contributed by atoms with Gasteiger partial charge in [0, 0.05) is 49.8 Å². The molecule has 2 aliphatic rings. The minimum atomic E-state index is 0.292. The Balaban J connectivity index is 1.33. The van der Waals surface area contributed by atoms with Crippen molar-refractivity contribution in [3.63, 3.8) is 0 Å². The number of fused-ring (bicyclic) bond motifs is 2. The van der Waals surface area contributed by atoms with E-state index in [2.05, 4.69) is 45.2 Å². The number of rotatable bonds is 9. The van der Waals surface area contributed by atoms with Gasteiger partial charge in [-0.3, -0.25) is 4.79 Å². The summed E-state index contributed by atoms with van der Waals surface area (Å²) in [6.07, 6.45) is 11.1. The zero-order chi connectivity index (χ0) is 20.8. The predicted molar refractivity (Wildman–Crippen MR) is 122 cm³/mol. The van der Waals surface area contributed by atoms with E-state index in [4.69, 9.17) is 4.74 Å². The second-order valence-corrected chi connectivity index (χ2v) is 9.05. The second-order valence-electron chi connectivity index (χ2n) is 9.05. The molecule has 0 radical (unpaired) electrons. The average Bonchev–Trinajstić information content (AvgIpc) is 3.20. The lowest BCUT2D eigenvalue weighted by Crippen LogP contribution is -2.52. The molecule has 2 atom stereocenters. The number of carbonyl (C=O) groups is 1. The van der Waals surface area contributed by atoms with E-state index in [1.807, 2.05) is 0 Å². The summed E-state index contributed by atoms with van der Waals surface area (Å²) >= 11 is 0. The predicted octanol–water partition coefficient (Wildman–Crippen LogP) is 4.23. The van der Waals surface area contributed by atoms with Crippen LogP contribution in [-0.2, 0) is 16.0 Å². The van der Waals surface area contributed by atoms with Crippen LogP contribution in [0.3, 0.4) is 0 Å². The molecule has 5 nitrogen and oxygen atoms in total. The highest BCUT2D eigenvalue weighted by Gasteiger charge is 2.34. The van der Waals surface area contributed by atoms with Crippen molar-refractivity contribution in [1.29, 1.82) is 0 Å². The minimum Gasteiger partial charge on any atom is -0.383 e. The van der Waals surface area contributed by atoms with E-state index in [0.717, 1.165) is 19.4 Å². The average molecular weight is 412 g/mol. The molecule has 2 aromatic rings. The Kier molecular flexibility index (Phi) is 7.45. The number of hydrogen-bond donors (Lipinski definition) is 1. The molecule has 5 heteroatoms. The van der Waals surface area contributed by atoms with Gasteiger partial charge in [-0.15, -0.1) is 0 Å². The SMILES string of the molecule is COCCN(C[C@@H]1CCCN2CCCC[C@@H]12)C(=O)CCCc1c[nH]c2ccccc12. The normalized spacial score (nSPS) is 22.2. The number of benzene rings is 1. The third-order valence-corrected chi connectivity index (χ3v) is 7.11. The van der Waals surface area contributed by atoms with Crippen LogP contribution in [0.2, 0.25) is 0 Å². The van der Waals surface area contributed by atoms with Gasteiger partial charge in [0.1, 0.15) is 0 Å². The van der Waals surface area contributed by atoms with Crippen LogP contribution < -0.4 is 0 Å². The standard InChI is InChI=1S/C25H37N3O2/c1-30-17-16-28(19-21-9-7-15-27-14-5-4-12-24(21)27)25(29)13-6-8-20-18-26-23-11-3-2-10-22(20)23/h2-3,10-11,18,21,24,26H,4-9,12-17,19H2,1H3/t21-,24-/m0/s1. The number of nitrogens with one attached hydrogen (secondary N) is 1. The zero-order valence-corrected chi connectivity index (χ0v) is 18.4. The van der Waals surface area contributed by atoms with Crippen molar-refractivity contribution in [2.75, 3.05) is 39.9 Å². The van der Waals surface area contributed by atoms with E-state index in [1.54, 1.807) is 7.11 Å². The maximum atomic E-state index is 13.1. The zero-order valence-electron chi connectivity index (χ0n) is 18.4. The number of methoxy groups -OCH3 is 1. The molecule has 2 aliphatic heterocycles. The first-order valence-electron chi connectivity index (χ1n) is 11.8. The van der Waals surface area contributed by atoms with Crippen LogP contribution in [0.25, 0.3) is 10.9 Å². The Morgan fingerprint density at radius 1 is 1.20 bits per heavy atom. The summed E-state index contributed by atoms with van der Waals surface area (Å²) < 4.78 is 5.32. The maximum Gasteiger partial charge on any atom is 0.222 e. The van der Waals surface area contributed by atoms with Crippen LogP contribution in [0.5, 0.6) is 0 Å². The number of nitrogens with zero attached hydrogens (tertiary/aromatic N) is 2. The summed E-state index contributed by atoms with van der Waals surface area (Å²) in [6.45, 7) is 4.73. The Hall–Kier alpha value is -1.85. The van der Waals surface area contributed by atoms with Gasteiger partial charge in [0.15, 0.2) is 0 Å². The number of para-hydroxylation sites is 1. The highest BCUT2D eigenvalue weighted by atomic mass is 16.5. The summed E-state index contributed by atoms with van der Waals surface area (Å²) in [5.41, 5.74) is 2.49. The number of aryl methyl sites for hydroxylation is 1. The molecule has 0 bridgehead atoms. The van der Waals surface area contributed by atoms with E-state index in [0.29, 0.717) is 37.4 Å². The molecule has 1 aromatic carbocycles. The molecule has 0 unspecified atom stereocenters. The van der Waals surface area contributed by atoms with E-state index in [1.165, 1.54) is 61.7 Å². The number of carbonyl (C=O) groups excluding carboxylic acids is 1. The fourth-order valence-corrected chi connectivity index (χ4v) is 5.52. The Morgan fingerprint density at radius 3 is 2.97 bits per heavy atom. The van der Waals surface area contributed by atoms with Gasteiger partial charge in [-0.25, -0.2) is 0 Å². The number of ether oxygens (including phenoxy) is 1. The van der Waals surface area contributed by atoms with Gasteiger partial charge >= 0.3 is 0 Å². The molecule has 0 saturated carbocycles. The number of aromatic amines is 1. The Bertz CT molecular complexity index is 816. The molecule has 2 saturated heterocycles. The monoisotopic (exact) mass is 411 g/mol. The van der Waals surface area contributed by atoms with Gasteiger partial charge in [0.05, 0.1) is 6.61 Å². The quantitative estimate of drug-likeness (QED) is 0.672. The minimum absolute atomic E-state index is 0.292. The lowest BCUT2D eigenvalue weighted by atomic mass is 9.83. The lowest BCUT2D eigenvalue weighted by molar-refractivity contribution is -0.133. The maximum absolute atomic E-state index is 13.1. The second kappa shape index (κ2) is 10.5. The summed E-state index contributed by atoms with van der Waals surface area (Å²) in [5, 5.41) is 1.28. The summed E-state index contributed by atoms with van der Waals surface area (Å²) in [4.78, 5) is 21.3. The number of piperidine rings is 2. The van der Waals surface area contributed by atoms with Crippen LogP contribution in [0.15, 0.2) is 30.5 Å². The van der Waals surface area contributed by atoms with Crippen LogP contribution in [-0.4, -0.2) is 66.6 Å². The molecule has 30 heavy (non-hydrogen) atoms. The highest BCUT2D eigenvalue weighted by molar-refractivity contribution is 5.83. The summed E-state index contributed by atoms with van der Waals surface area (Å²) in [6, 6.07) is 9.08. The van der Waals surface area contributed by atoms with Crippen molar-refractivity contribution >= 4 is 16.8 Å². The molecule has 0 aliphatic carbocycles. The van der Waals surface area contributed by atoms with E-state index < -0.39 is 0 Å². The van der Waals surface area contributed by atoms with E-state index in [-0.39, 0.29) is 0 Å². The largest absolute Gasteiger partial charge is 0.383 e. The first kappa shape index (κ1) is 21.4. The van der Waals surface area contributed by atoms with Gasteiger partial charge in [-0.2, -0.15) is 0 Å². The fraction of sp³-hybridized carbons (Fsp3) is 0.640. The molecule has 164 valence electrons. The van der Waals surface area contributed by atoms with E-state index >= 15 is 0 Å². The number of hydrogen-bond acceptors (Lipinski definition) is 3. The molecule has 1 N–H and O–H groups in total. The van der Waals surface area contributed by atoms with Gasteiger partial charge < -0.3 is 19.5 Å². The highest BCUT2D eigenvalue weighted by Crippen LogP contribution is 2.31. The van der Waals surface area contributed by atoms with Crippen LogP contribution in [0, 0.1) is 5.92 Å². The van der Waals surface area contributed by atoms with Gasteiger partial charge in [-0.1, -0.05) is 24.6 Å². The molecular formula is C25H37N3O2. The molecule has 2 fully saturated rings. The molecule has 3 heterocycles. The van der Waals surface area contributed by atoms with Crippen LogP contribution >= 0.6 is 0 Å². The third-order valence-electron chi connectivity index (χ3n) is 7.11. The van der Waals surface area contributed by atoms with Crippen molar-refractivity contribution in [3.8, 4) is 0 Å². The number of aromatic nitrogens is 1. The van der Waals surface area contributed by atoms with E-state index in [9.17, 15) is 4.79 Å². The smallest absolute Gasteiger partial charge is 0.222 e. The molecule has 1 amide bonds. The fourth-order valence-electron chi connectivity index (χ4n) is 5.52. The summed E-state index contributed by atoms with van der Waals surface area (Å²) in [7, 11) is 1.73. The van der Waals surface area contributed by atoms with Gasteiger partial charge in [0.2, 0.25) is 5.91 Å². The molecule has 1 aromatic heterocycles. The Morgan fingerprint density at radius 2 is 2.07 bits per heavy atom. The van der Waals surface area contributed by atoms with Crippen molar-refractivity contribution < 1.29 is 9.53 Å². The van der Waals surface area contributed by atoms with Crippen molar-refractivity contribution in [3.05, 3.63) is 36.0 Å². The Labute approximate surface area is 180 Å². The summed E-state index contributed by atoms with van der Waals surface area (Å²) in [5.74, 6) is 0.910. The third kappa shape index (κ3) is 5.06. The number of H-pyrrole nitrogens is 1. The van der Waals surface area contributed by atoms with Crippen molar-refractivity contribution in [2.45, 2.75) is 57.4 Å². The van der Waals surface area contributed by atoms with Gasteiger partial charge in [-0.05, 0) is 69.2 Å². The number of amides is 1. The van der Waals surface area contributed by atoms with Crippen molar-refractivity contribution in [1.82, 2.24) is 14.8 Å². The van der Waals surface area contributed by atoms with Crippen LogP contribution in [0.1, 0.15) is 50.5 Å². The lowest BCUT2D eigenvalue weighted by Gasteiger charge is -2.45.